The fraction of sp³-hybridized carbons (Fsp3) is 0.400. The molecule has 0 unspecified atom stereocenters. The molecule has 0 N–H and O–H groups in total. The number of nitrogens with zero attached hydrogens (tertiary/aromatic N) is 3. The number of sulfonamides is 1. The van der Waals surface area contributed by atoms with Gasteiger partial charge in [-0.2, -0.15) is 4.98 Å². The van der Waals surface area contributed by atoms with Gasteiger partial charge in [-0.15, -0.1) is 0 Å². The quantitative estimate of drug-likeness (QED) is 0.701. The van der Waals surface area contributed by atoms with Crippen molar-refractivity contribution < 1.29 is 22.5 Å². The van der Waals surface area contributed by atoms with Crippen molar-refractivity contribution in [3.8, 4) is 0 Å². The normalized spacial score (nSPS) is 12.0. The van der Waals surface area contributed by atoms with Gasteiger partial charge < -0.3 is 9.26 Å². The molecule has 0 amide bonds. The molecule has 0 saturated heterocycles. The monoisotopic (exact) mass is 387 g/mol. The van der Waals surface area contributed by atoms with Crippen LogP contribution in [0.25, 0.3) is 0 Å². The van der Waals surface area contributed by atoms with Crippen molar-refractivity contribution in [2.24, 2.45) is 0 Å². The van der Waals surface area contributed by atoms with E-state index in [1.165, 1.54) is 32.3 Å². The molecule has 8 nitrogen and oxygen atoms in total. The first-order valence-corrected chi connectivity index (χ1v) is 9.16. The van der Waals surface area contributed by atoms with Gasteiger partial charge in [0.15, 0.2) is 12.4 Å². The smallest absolute Gasteiger partial charge is 0.338 e. The summed E-state index contributed by atoms with van der Waals surface area (Å²) in [5, 5.41) is 3.78. The van der Waals surface area contributed by atoms with E-state index in [0.717, 1.165) is 4.31 Å². The highest BCUT2D eigenvalue weighted by Gasteiger charge is 2.23. The molecule has 0 aliphatic rings. The van der Waals surface area contributed by atoms with Crippen LogP contribution in [-0.4, -0.2) is 42.9 Å². The molecule has 136 valence electrons. The van der Waals surface area contributed by atoms with Crippen molar-refractivity contribution >= 4 is 27.6 Å². The fourth-order valence-electron chi connectivity index (χ4n) is 1.80. The molecular formula is C15H18ClN3O5S. The molecule has 2 rings (SSSR count). The number of halogens is 1. The summed E-state index contributed by atoms with van der Waals surface area (Å²) in [4.78, 5) is 16.1. The van der Waals surface area contributed by atoms with Gasteiger partial charge in [-0.05, 0) is 18.2 Å². The summed E-state index contributed by atoms with van der Waals surface area (Å²) < 4.78 is 35.5. The van der Waals surface area contributed by atoms with Gasteiger partial charge in [-0.25, -0.2) is 17.5 Å². The van der Waals surface area contributed by atoms with Crippen LogP contribution in [0.4, 0.5) is 0 Å². The zero-order valence-electron chi connectivity index (χ0n) is 14.2. The van der Waals surface area contributed by atoms with Crippen molar-refractivity contribution in [2.75, 3.05) is 14.1 Å². The van der Waals surface area contributed by atoms with Gasteiger partial charge in [0.25, 0.3) is 5.89 Å². The number of benzene rings is 1. The maximum Gasteiger partial charge on any atom is 0.338 e. The Kier molecular flexibility index (Phi) is 5.81. The molecule has 2 aromatic rings. The number of ether oxygens (including phenoxy) is 1. The van der Waals surface area contributed by atoms with Gasteiger partial charge in [0.2, 0.25) is 10.0 Å². The largest absolute Gasteiger partial charge is 0.452 e. The minimum absolute atomic E-state index is 0.0173. The Morgan fingerprint density at radius 1 is 1.36 bits per heavy atom. The Bertz CT molecular complexity index is 877. The molecule has 0 fully saturated rings. The first-order chi connectivity index (χ1) is 11.6. The van der Waals surface area contributed by atoms with Crippen LogP contribution >= 0.6 is 11.6 Å². The lowest BCUT2D eigenvalue weighted by Gasteiger charge is -2.13. The van der Waals surface area contributed by atoms with Crippen LogP contribution in [0.1, 0.15) is 41.8 Å². The van der Waals surface area contributed by atoms with Crippen LogP contribution in [0.2, 0.25) is 5.02 Å². The first kappa shape index (κ1) is 19.4. The molecule has 0 saturated carbocycles. The van der Waals surface area contributed by atoms with Crippen LogP contribution in [0.15, 0.2) is 27.6 Å². The van der Waals surface area contributed by atoms with Gasteiger partial charge in [0, 0.05) is 20.0 Å². The minimum atomic E-state index is -3.78. The number of hydrogen-bond acceptors (Lipinski definition) is 7. The molecule has 0 bridgehead atoms. The predicted molar refractivity (Wildman–Crippen MR) is 89.8 cm³/mol. The Hall–Kier alpha value is -1.97. The van der Waals surface area contributed by atoms with E-state index >= 15 is 0 Å². The zero-order valence-corrected chi connectivity index (χ0v) is 15.8. The third-order valence-electron chi connectivity index (χ3n) is 3.25. The van der Waals surface area contributed by atoms with Gasteiger partial charge in [-0.1, -0.05) is 30.6 Å². The Morgan fingerprint density at radius 2 is 2.04 bits per heavy atom. The Labute approximate surface area is 150 Å². The lowest BCUT2D eigenvalue weighted by molar-refractivity contribution is 0.0429. The van der Waals surface area contributed by atoms with Crippen molar-refractivity contribution in [1.82, 2.24) is 14.4 Å². The maximum absolute atomic E-state index is 12.2. The fourth-order valence-corrected chi connectivity index (χ4v) is 3.19. The second kappa shape index (κ2) is 7.51. The van der Waals surface area contributed by atoms with Gasteiger partial charge in [0.05, 0.1) is 10.6 Å². The van der Waals surface area contributed by atoms with E-state index in [1.54, 1.807) is 0 Å². The van der Waals surface area contributed by atoms with Gasteiger partial charge in [-0.3, -0.25) is 0 Å². The van der Waals surface area contributed by atoms with E-state index in [9.17, 15) is 13.2 Å². The van der Waals surface area contributed by atoms with Crippen LogP contribution in [0.3, 0.4) is 0 Å². The molecule has 10 heteroatoms. The van der Waals surface area contributed by atoms with E-state index in [1.807, 2.05) is 13.8 Å². The number of carbonyl (C=O) groups excluding carboxylic acids is 1. The third-order valence-corrected chi connectivity index (χ3v) is 5.55. The van der Waals surface area contributed by atoms with Gasteiger partial charge >= 0.3 is 5.97 Å². The van der Waals surface area contributed by atoms with E-state index in [-0.39, 0.29) is 33.9 Å². The second-order valence-electron chi connectivity index (χ2n) is 5.71. The standard InChI is InChI=1S/C15H18ClN3O5S/c1-9(2)14-17-13(24-18-14)8-23-15(20)10-5-6-11(16)12(7-10)25(21,22)19(3)4/h5-7,9H,8H2,1-4H3. The Morgan fingerprint density at radius 3 is 2.60 bits per heavy atom. The second-order valence-corrected chi connectivity index (χ2v) is 8.24. The molecule has 0 radical (unpaired) electrons. The van der Waals surface area contributed by atoms with Crippen LogP contribution in [-0.2, 0) is 21.4 Å². The van der Waals surface area contributed by atoms with Crippen molar-refractivity contribution in [2.45, 2.75) is 31.3 Å². The average Bonchev–Trinajstić information content (AvgIpc) is 3.02. The number of esters is 1. The summed E-state index contributed by atoms with van der Waals surface area (Å²) in [6, 6.07) is 3.89. The van der Waals surface area contributed by atoms with Crippen molar-refractivity contribution in [3.63, 3.8) is 0 Å². The highest BCUT2D eigenvalue weighted by molar-refractivity contribution is 7.89. The molecule has 0 spiro atoms. The minimum Gasteiger partial charge on any atom is -0.452 e. The highest BCUT2D eigenvalue weighted by atomic mass is 35.5. The lowest BCUT2D eigenvalue weighted by atomic mass is 10.2. The van der Waals surface area contributed by atoms with E-state index in [2.05, 4.69) is 10.1 Å². The first-order valence-electron chi connectivity index (χ1n) is 7.34. The van der Waals surface area contributed by atoms with Crippen LogP contribution < -0.4 is 0 Å². The van der Waals surface area contributed by atoms with Gasteiger partial charge in [0.1, 0.15) is 4.90 Å². The molecule has 1 aromatic heterocycles. The van der Waals surface area contributed by atoms with E-state index in [0.29, 0.717) is 5.82 Å². The number of carbonyl (C=O) groups is 1. The number of rotatable bonds is 6. The van der Waals surface area contributed by atoms with Crippen molar-refractivity contribution in [1.29, 1.82) is 0 Å². The van der Waals surface area contributed by atoms with Crippen molar-refractivity contribution in [3.05, 3.63) is 40.5 Å². The third kappa shape index (κ3) is 4.36. The summed E-state index contributed by atoms with van der Waals surface area (Å²) >= 11 is 5.94. The summed E-state index contributed by atoms with van der Waals surface area (Å²) in [6.07, 6.45) is 0. The zero-order chi connectivity index (χ0) is 18.8. The highest BCUT2D eigenvalue weighted by Crippen LogP contribution is 2.25. The molecule has 0 atom stereocenters. The summed E-state index contributed by atoms with van der Waals surface area (Å²) in [6.45, 7) is 3.60. The van der Waals surface area contributed by atoms with Crippen LogP contribution in [0, 0.1) is 0 Å². The Balaban J connectivity index is 2.17. The maximum atomic E-state index is 12.2. The van der Waals surface area contributed by atoms with E-state index < -0.39 is 16.0 Å². The molecule has 25 heavy (non-hydrogen) atoms. The summed E-state index contributed by atoms with van der Waals surface area (Å²) in [5.41, 5.74) is 0.0495. The average molecular weight is 388 g/mol. The number of aromatic nitrogens is 2. The SMILES string of the molecule is CC(C)c1noc(COC(=O)c2ccc(Cl)c(S(=O)(=O)N(C)C)c2)n1. The van der Waals surface area contributed by atoms with E-state index in [4.69, 9.17) is 20.9 Å². The number of hydrogen-bond donors (Lipinski definition) is 0. The topological polar surface area (TPSA) is 103 Å². The lowest BCUT2D eigenvalue weighted by Crippen LogP contribution is -2.23. The predicted octanol–water partition coefficient (Wildman–Crippen LogP) is 2.45. The molecule has 0 aliphatic carbocycles. The molecular weight excluding hydrogens is 370 g/mol. The van der Waals surface area contributed by atoms with Crippen LogP contribution in [0.5, 0.6) is 0 Å². The molecule has 1 aromatic carbocycles. The summed E-state index contributed by atoms with van der Waals surface area (Å²) in [5.74, 6) is 0.0310. The molecule has 0 aliphatic heterocycles. The summed E-state index contributed by atoms with van der Waals surface area (Å²) in [7, 11) is -1.04. The molecule has 1 heterocycles.